The molecule has 2 atom stereocenters. The van der Waals surface area contributed by atoms with E-state index in [1.165, 1.54) is 32.1 Å². The molecule has 2 heteroatoms. The van der Waals surface area contributed by atoms with Crippen molar-refractivity contribution < 1.29 is 10.2 Å². The number of aliphatic hydroxyl groups is 2. The lowest BCUT2D eigenvalue weighted by Gasteiger charge is -2.45. The molecule has 0 amide bonds. The fraction of sp³-hybridized carbons (Fsp3) is 1.00. The Bertz CT molecular complexity index is 213. The van der Waals surface area contributed by atoms with Gasteiger partial charge in [-0.3, -0.25) is 0 Å². The maximum atomic E-state index is 10.6. The number of unbranched alkanes of at least 4 members (excludes halogenated alkanes) is 5. The van der Waals surface area contributed by atoms with E-state index in [0.717, 1.165) is 38.5 Å². The molecule has 0 spiro atoms. The Hall–Kier alpha value is -0.0800. The van der Waals surface area contributed by atoms with Crippen LogP contribution in [0.15, 0.2) is 0 Å². The molecule has 0 heterocycles. The summed E-state index contributed by atoms with van der Waals surface area (Å²) >= 11 is 0. The molecular formula is C15H30O2. The third-order valence-electron chi connectivity index (χ3n) is 4.45. The van der Waals surface area contributed by atoms with Crippen molar-refractivity contribution >= 4 is 0 Å². The van der Waals surface area contributed by atoms with Crippen LogP contribution < -0.4 is 0 Å². The van der Waals surface area contributed by atoms with E-state index in [-0.39, 0.29) is 0 Å². The fourth-order valence-corrected chi connectivity index (χ4v) is 2.98. The molecule has 1 fully saturated rings. The molecule has 0 unspecified atom stereocenters. The van der Waals surface area contributed by atoms with Crippen LogP contribution in [-0.4, -0.2) is 21.4 Å². The van der Waals surface area contributed by atoms with Gasteiger partial charge in [0.15, 0.2) is 0 Å². The minimum Gasteiger partial charge on any atom is -0.387 e. The first-order valence-corrected chi connectivity index (χ1v) is 7.46. The zero-order chi connectivity index (χ0) is 12.8. The van der Waals surface area contributed by atoms with Crippen molar-refractivity contribution in [3.8, 4) is 0 Å². The Labute approximate surface area is 106 Å². The minimum absolute atomic E-state index is 0.749. The van der Waals surface area contributed by atoms with E-state index < -0.39 is 11.2 Å². The van der Waals surface area contributed by atoms with E-state index in [0.29, 0.717) is 0 Å². The molecule has 0 radical (unpaired) electrons. The first-order chi connectivity index (χ1) is 8.02. The van der Waals surface area contributed by atoms with E-state index in [1.54, 1.807) is 0 Å². The van der Waals surface area contributed by atoms with E-state index in [9.17, 15) is 10.2 Å². The van der Waals surface area contributed by atoms with Crippen LogP contribution >= 0.6 is 0 Å². The molecule has 0 aliphatic heterocycles. The van der Waals surface area contributed by atoms with Crippen LogP contribution in [-0.2, 0) is 0 Å². The predicted molar refractivity (Wildman–Crippen MR) is 72.0 cm³/mol. The Kier molecular flexibility index (Phi) is 5.94. The van der Waals surface area contributed by atoms with Gasteiger partial charge in [-0.25, -0.2) is 0 Å². The summed E-state index contributed by atoms with van der Waals surface area (Å²) in [6.07, 6.45) is 11.8. The summed E-state index contributed by atoms with van der Waals surface area (Å²) in [6, 6.07) is 0. The van der Waals surface area contributed by atoms with E-state index in [4.69, 9.17) is 0 Å². The van der Waals surface area contributed by atoms with Gasteiger partial charge in [-0.15, -0.1) is 0 Å². The summed E-state index contributed by atoms with van der Waals surface area (Å²) < 4.78 is 0. The van der Waals surface area contributed by atoms with Crippen molar-refractivity contribution in [3.05, 3.63) is 0 Å². The van der Waals surface area contributed by atoms with Crippen LogP contribution in [0.2, 0.25) is 0 Å². The summed E-state index contributed by atoms with van der Waals surface area (Å²) in [4.78, 5) is 0. The van der Waals surface area contributed by atoms with Gasteiger partial charge in [0, 0.05) is 0 Å². The molecule has 0 aromatic rings. The zero-order valence-corrected chi connectivity index (χ0v) is 11.7. The highest BCUT2D eigenvalue weighted by atomic mass is 16.4. The molecule has 1 aliphatic carbocycles. The maximum Gasteiger partial charge on any atom is 0.0930 e. The Morgan fingerprint density at radius 3 is 2.12 bits per heavy atom. The third kappa shape index (κ3) is 4.26. The maximum absolute atomic E-state index is 10.6. The largest absolute Gasteiger partial charge is 0.387 e. The molecule has 1 saturated carbocycles. The molecule has 2 N–H and O–H groups in total. The van der Waals surface area contributed by atoms with Crippen molar-refractivity contribution in [2.24, 2.45) is 0 Å². The van der Waals surface area contributed by atoms with Crippen molar-refractivity contribution in [2.45, 2.75) is 95.7 Å². The van der Waals surface area contributed by atoms with Gasteiger partial charge in [0.25, 0.3) is 0 Å². The van der Waals surface area contributed by atoms with E-state index in [1.807, 2.05) is 6.92 Å². The van der Waals surface area contributed by atoms with Gasteiger partial charge in [0.1, 0.15) is 0 Å². The summed E-state index contributed by atoms with van der Waals surface area (Å²) in [5.74, 6) is 0. The normalized spacial score (nSPS) is 33.9. The number of hydrogen-bond acceptors (Lipinski definition) is 2. The zero-order valence-electron chi connectivity index (χ0n) is 11.7. The van der Waals surface area contributed by atoms with Crippen LogP contribution in [0, 0.1) is 0 Å². The summed E-state index contributed by atoms with van der Waals surface area (Å²) in [5.41, 5.74) is -1.69. The molecule has 2 nitrogen and oxygen atoms in total. The molecular weight excluding hydrogens is 212 g/mol. The second kappa shape index (κ2) is 6.75. The average molecular weight is 242 g/mol. The summed E-state index contributed by atoms with van der Waals surface area (Å²) in [7, 11) is 0. The smallest absolute Gasteiger partial charge is 0.0930 e. The lowest BCUT2D eigenvalue weighted by Crippen LogP contribution is -2.54. The lowest BCUT2D eigenvalue weighted by molar-refractivity contribution is -0.169. The van der Waals surface area contributed by atoms with Crippen LogP contribution in [0.3, 0.4) is 0 Å². The average Bonchev–Trinajstić information content (AvgIpc) is 2.28. The molecule has 0 aromatic heterocycles. The van der Waals surface area contributed by atoms with Gasteiger partial charge in [0.05, 0.1) is 11.2 Å². The minimum atomic E-state index is -0.866. The van der Waals surface area contributed by atoms with Crippen molar-refractivity contribution in [2.75, 3.05) is 0 Å². The van der Waals surface area contributed by atoms with Crippen LogP contribution in [0.25, 0.3) is 0 Å². The van der Waals surface area contributed by atoms with Crippen LogP contribution in [0.4, 0.5) is 0 Å². The molecule has 0 saturated heterocycles. The molecule has 1 rings (SSSR count). The second-order valence-electron chi connectivity index (χ2n) is 6.03. The molecule has 0 bridgehead atoms. The van der Waals surface area contributed by atoms with Crippen molar-refractivity contribution in [1.82, 2.24) is 0 Å². The predicted octanol–water partition coefficient (Wildman–Crippen LogP) is 3.79. The highest BCUT2D eigenvalue weighted by molar-refractivity contribution is 4.99. The van der Waals surface area contributed by atoms with Gasteiger partial charge >= 0.3 is 0 Å². The van der Waals surface area contributed by atoms with E-state index >= 15 is 0 Å². The van der Waals surface area contributed by atoms with Gasteiger partial charge < -0.3 is 10.2 Å². The quantitative estimate of drug-likeness (QED) is 0.667. The van der Waals surface area contributed by atoms with Crippen molar-refractivity contribution in [1.29, 1.82) is 0 Å². The summed E-state index contributed by atoms with van der Waals surface area (Å²) in [6.45, 7) is 4.03. The van der Waals surface area contributed by atoms with Crippen LogP contribution in [0.1, 0.15) is 84.5 Å². The standard InChI is InChI=1S/C15H30O2/c1-3-4-5-6-7-8-12-15(17)13-10-9-11-14(15,2)16/h16-17H,3-13H2,1-2H3/t14-,15-/m1/s1. The molecule has 0 aromatic carbocycles. The first kappa shape index (κ1) is 15.0. The van der Waals surface area contributed by atoms with E-state index in [2.05, 4.69) is 6.92 Å². The third-order valence-corrected chi connectivity index (χ3v) is 4.45. The second-order valence-corrected chi connectivity index (χ2v) is 6.03. The van der Waals surface area contributed by atoms with Gasteiger partial charge in [-0.2, -0.15) is 0 Å². The topological polar surface area (TPSA) is 40.5 Å². The van der Waals surface area contributed by atoms with Gasteiger partial charge in [0.2, 0.25) is 0 Å². The van der Waals surface area contributed by atoms with Crippen molar-refractivity contribution in [3.63, 3.8) is 0 Å². The molecule has 102 valence electrons. The number of hydrogen-bond donors (Lipinski definition) is 2. The Morgan fingerprint density at radius 2 is 1.47 bits per heavy atom. The fourth-order valence-electron chi connectivity index (χ4n) is 2.98. The van der Waals surface area contributed by atoms with Gasteiger partial charge in [-0.05, 0) is 26.2 Å². The highest BCUT2D eigenvalue weighted by Gasteiger charge is 2.46. The highest BCUT2D eigenvalue weighted by Crippen LogP contribution is 2.40. The van der Waals surface area contributed by atoms with Crippen LogP contribution in [0.5, 0.6) is 0 Å². The molecule has 1 aliphatic rings. The Balaban J connectivity index is 2.24. The number of rotatable bonds is 7. The lowest BCUT2D eigenvalue weighted by atomic mass is 9.70. The Morgan fingerprint density at radius 1 is 0.882 bits per heavy atom. The summed E-state index contributed by atoms with van der Waals surface area (Å²) in [5, 5.41) is 20.8. The first-order valence-electron chi connectivity index (χ1n) is 7.46. The molecule has 17 heavy (non-hydrogen) atoms. The SMILES string of the molecule is CCCCCCCC[C@@]1(O)CCCC[C@@]1(C)O. The van der Waals surface area contributed by atoms with Gasteiger partial charge in [-0.1, -0.05) is 58.3 Å². The monoisotopic (exact) mass is 242 g/mol.